The predicted molar refractivity (Wildman–Crippen MR) is 130 cm³/mol. The monoisotopic (exact) mass is 492 g/mol. The number of methoxy groups -OCH3 is 1. The second-order valence-corrected chi connectivity index (χ2v) is 8.99. The van der Waals surface area contributed by atoms with Crippen molar-refractivity contribution in [3.05, 3.63) is 58.1 Å². The van der Waals surface area contributed by atoms with Crippen molar-refractivity contribution >= 4 is 35.0 Å². The van der Waals surface area contributed by atoms with Crippen LogP contribution in [0.4, 0.5) is 0 Å². The van der Waals surface area contributed by atoms with E-state index in [-0.39, 0.29) is 31.0 Å². The fraction of sp³-hybridized carbons (Fsp3) is 0.440. The van der Waals surface area contributed by atoms with E-state index >= 15 is 0 Å². The van der Waals surface area contributed by atoms with Crippen molar-refractivity contribution in [2.75, 3.05) is 13.7 Å². The molecule has 8 heteroatoms. The highest BCUT2D eigenvalue weighted by Crippen LogP contribution is 2.28. The summed E-state index contributed by atoms with van der Waals surface area (Å²) >= 11 is 12.1. The minimum absolute atomic E-state index is 0.129. The van der Waals surface area contributed by atoms with Gasteiger partial charge >= 0.3 is 0 Å². The zero-order chi connectivity index (χ0) is 23.8. The predicted octanol–water partition coefficient (Wildman–Crippen LogP) is 5.25. The van der Waals surface area contributed by atoms with Crippen LogP contribution in [0.2, 0.25) is 10.0 Å². The van der Waals surface area contributed by atoms with E-state index in [1.165, 1.54) is 0 Å². The van der Waals surface area contributed by atoms with Crippen molar-refractivity contribution in [1.29, 1.82) is 0 Å². The molecule has 1 fully saturated rings. The molecular weight excluding hydrogens is 463 g/mol. The van der Waals surface area contributed by atoms with E-state index in [2.05, 4.69) is 5.32 Å². The van der Waals surface area contributed by atoms with Crippen LogP contribution in [0.1, 0.15) is 44.6 Å². The molecule has 178 valence electrons. The largest absolute Gasteiger partial charge is 0.497 e. The maximum absolute atomic E-state index is 13.3. The lowest BCUT2D eigenvalue weighted by Crippen LogP contribution is -2.52. The average molecular weight is 493 g/mol. The van der Waals surface area contributed by atoms with E-state index in [0.29, 0.717) is 22.2 Å². The lowest BCUT2D eigenvalue weighted by Gasteiger charge is -2.31. The molecule has 33 heavy (non-hydrogen) atoms. The first kappa shape index (κ1) is 25.2. The number of halogens is 2. The number of rotatable bonds is 10. The highest BCUT2D eigenvalue weighted by atomic mass is 35.5. The zero-order valence-electron chi connectivity index (χ0n) is 19.0. The highest BCUT2D eigenvalue weighted by molar-refractivity contribution is 6.35. The number of nitrogens with one attached hydrogen (secondary N) is 1. The van der Waals surface area contributed by atoms with Crippen molar-refractivity contribution in [3.63, 3.8) is 0 Å². The molecule has 0 bridgehead atoms. The van der Waals surface area contributed by atoms with Crippen molar-refractivity contribution < 1.29 is 19.1 Å². The first-order chi connectivity index (χ1) is 15.9. The fourth-order valence-electron chi connectivity index (χ4n) is 4.03. The molecular formula is C25H30Cl2N2O4. The molecule has 0 unspecified atom stereocenters. The van der Waals surface area contributed by atoms with Crippen LogP contribution >= 0.6 is 23.2 Å². The Morgan fingerprint density at radius 3 is 2.42 bits per heavy atom. The van der Waals surface area contributed by atoms with E-state index in [9.17, 15) is 9.59 Å². The van der Waals surface area contributed by atoms with Gasteiger partial charge in [-0.25, -0.2) is 0 Å². The van der Waals surface area contributed by atoms with E-state index in [4.69, 9.17) is 32.7 Å². The van der Waals surface area contributed by atoms with Crippen LogP contribution in [0, 0.1) is 0 Å². The van der Waals surface area contributed by atoms with E-state index < -0.39 is 6.04 Å². The average Bonchev–Trinajstić information content (AvgIpc) is 3.31. The molecule has 0 aromatic heterocycles. The number of nitrogens with zero attached hydrogens (tertiary/aromatic N) is 1. The van der Waals surface area contributed by atoms with Crippen LogP contribution in [0.3, 0.4) is 0 Å². The molecule has 0 aliphatic heterocycles. The van der Waals surface area contributed by atoms with Gasteiger partial charge in [-0.3, -0.25) is 9.59 Å². The van der Waals surface area contributed by atoms with Gasteiger partial charge in [0, 0.05) is 17.6 Å². The Hall–Kier alpha value is -2.44. The standard InChI is InChI=1S/C25H30Cl2N2O4/c1-3-22(25(31)28-19-6-4-5-7-19)29(15-17-8-11-20(32-2)12-9-17)24(30)16-33-23-13-10-18(26)14-21(23)27/h8-14,19,22H,3-7,15-16H2,1-2H3,(H,28,31)/t22-/m1/s1. The van der Waals surface area contributed by atoms with Crippen LogP contribution < -0.4 is 14.8 Å². The normalized spacial score (nSPS) is 14.5. The molecule has 0 radical (unpaired) electrons. The molecule has 0 heterocycles. The van der Waals surface area contributed by atoms with Gasteiger partial charge in [-0.2, -0.15) is 0 Å². The van der Waals surface area contributed by atoms with E-state index in [1.54, 1.807) is 30.2 Å². The van der Waals surface area contributed by atoms with Gasteiger partial charge in [0.2, 0.25) is 5.91 Å². The molecule has 1 aliphatic rings. The van der Waals surface area contributed by atoms with Crippen LogP contribution in [0.15, 0.2) is 42.5 Å². The molecule has 6 nitrogen and oxygen atoms in total. The van der Waals surface area contributed by atoms with Gasteiger partial charge in [0.1, 0.15) is 17.5 Å². The van der Waals surface area contributed by atoms with Crippen molar-refractivity contribution in [1.82, 2.24) is 10.2 Å². The van der Waals surface area contributed by atoms with Gasteiger partial charge in [0.25, 0.3) is 5.91 Å². The Morgan fingerprint density at radius 1 is 1.12 bits per heavy atom. The Kier molecular flexibility index (Phi) is 9.27. The summed E-state index contributed by atoms with van der Waals surface area (Å²) in [6.45, 7) is 1.94. The number of carbonyl (C=O) groups excluding carboxylic acids is 2. The van der Waals surface area contributed by atoms with Crippen molar-refractivity contribution in [3.8, 4) is 11.5 Å². The van der Waals surface area contributed by atoms with Crippen molar-refractivity contribution in [2.45, 2.75) is 57.7 Å². The van der Waals surface area contributed by atoms with Gasteiger partial charge in [-0.15, -0.1) is 0 Å². The summed E-state index contributed by atoms with van der Waals surface area (Å²) in [7, 11) is 1.60. The highest BCUT2D eigenvalue weighted by Gasteiger charge is 2.31. The number of ether oxygens (including phenoxy) is 2. The molecule has 1 aliphatic carbocycles. The quantitative estimate of drug-likeness (QED) is 0.491. The second kappa shape index (κ2) is 12.1. The molecule has 3 rings (SSSR count). The minimum atomic E-state index is -0.607. The summed E-state index contributed by atoms with van der Waals surface area (Å²) in [4.78, 5) is 28.0. The fourth-order valence-corrected chi connectivity index (χ4v) is 4.49. The molecule has 0 spiro atoms. The zero-order valence-corrected chi connectivity index (χ0v) is 20.5. The molecule has 2 aromatic rings. The van der Waals surface area contributed by atoms with Crippen LogP contribution in [-0.2, 0) is 16.1 Å². The second-order valence-electron chi connectivity index (χ2n) is 8.15. The number of amides is 2. The van der Waals surface area contributed by atoms with E-state index in [0.717, 1.165) is 37.0 Å². The molecule has 2 aromatic carbocycles. The third-order valence-corrected chi connectivity index (χ3v) is 6.37. The lowest BCUT2D eigenvalue weighted by molar-refractivity contribution is -0.143. The van der Waals surface area contributed by atoms with Gasteiger partial charge in [-0.1, -0.05) is 55.1 Å². The summed E-state index contributed by atoms with van der Waals surface area (Å²) in [5, 5.41) is 3.93. The first-order valence-corrected chi connectivity index (χ1v) is 12.0. The van der Waals surface area contributed by atoms with Gasteiger partial charge in [-0.05, 0) is 55.2 Å². The van der Waals surface area contributed by atoms with E-state index in [1.807, 2.05) is 31.2 Å². The minimum Gasteiger partial charge on any atom is -0.497 e. The van der Waals surface area contributed by atoms with Crippen LogP contribution in [-0.4, -0.2) is 42.5 Å². The molecule has 1 saturated carbocycles. The third kappa shape index (κ3) is 7.02. The molecule has 0 saturated heterocycles. The summed E-state index contributed by atoms with van der Waals surface area (Å²) in [6, 6.07) is 11.8. The SMILES string of the molecule is CC[C@H](C(=O)NC1CCCC1)N(Cc1ccc(OC)cc1)C(=O)COc1ccc(Cl)cc1Cl. The van der Waals surface area contributed by atoms with Gasteiger partial charge in [0.05, 0.1) is 12.1 Å². The Balaban J connectivity index is 1.77. The Labute approximate surface area is 205 Å². The topological polar surface area (TPSA) is 67.9 Å². The first-order valence-electron chi connectivity index (χ1n) is 11.2. The number of hydrogen-bond acceptors (Lipinski definition) is 4. The molecule has 1 atom stereocenters. The lowest BCUT2D eigenvalue weighted by atomic mass is 10.1. The maximum Gasteiger partial charge on any atom is 0.261 e. The van der Waals surface area contributed by atoms with Crippen molar-refractivity contribution in [2.24, 2.45) is 0 Å². The summed E-state index contributed by atoms with van der Waals surface area (Å²) < 4.78 is 10.9. The summed E-state index contributed by atoms with van der Waals surface area (Å²) in [6.07, 6.45) is 4.68. The summed E-state index contributed by atoms with van der Waals surface area (Å²) in [5.41, 5.74) is 0.890. The van der Waals surface area contributed by atoms with Gasteiger partial charge < -0.3 is 19.7 Å². The molecule has 2 amide bonds. The smallest absolute Gasteiger partial charge is 0.261 e. The number of hydrogen-bond donors (Lipinski definition) is 1. The maximum atomic E-state index is 13.3. The van der Waals surface area contributed by atoms with Crippen LogP contribution in [0.25, 0.3) is 0 Å². The number of carbonyl (C=O) groups is 2. The summed E-state index contributed by atoms with van der Waals surface area (Å²) in [5.74, 6) is 0.659. The third-order valence-electron chi connectivity index (χ3n) is 5.84. The van der Waals surface area contributed by atoms with Crippen LogP contribution in [0.5, 0.6) is 11.5 Å². The Morgan fingerprint density at radius 2 is 1.82 bits per heavy atom. The Bertz CT molecular complexity index is 946. The number of benzene rings is 2. The molecule has 1 N–H and O–H groups in total. The van der Waals surface area contributed by atoms with Gasteiger partial charge in [0.15, 0.2) is 6.61 Å².